The Morgan fingerprint density at radius 2 is 1.77 bits per heavy atom. The Kier molecular flexibility index (Phi) is 7.38. The largest absolute Gasteiger partial charge is 0.503 e. The molecule has 1 amide bonds. The average Bonchev–Trinajstić information content (AvgIpc) is 3.40. The minimum Gasteiger partial charge on any atom is -0.503 e. The van der Waals surface area contributed by atoms with Gasteiger partial charge in [0.2, 0.25) is 0 Å². The fourth-order valence-electron chi connectivity index (χ4n) is 4.18. The first-order valence-electron chi connectivity index (χ1n) is 11.5. The van der Waals surface area contributed by atoms with E-state index in [0.29, 0.717) is 30.2 Å². The van der Waals surface area contributed by atoms with Crippen molar-refractivity contribution in [3.63, 3.8) is 0 Å². The van der Waals surface area contributed by atoms with Crippen LogP contribution >= 0.6 is 11.3 Å². The summed E-state index contributed by atoms with van der Waals surface area (Å²) in [5, 5.41) is 10.9. The van der Waals surface area contributed by atoms with Crippen LogP contribution in [0.1, 0.15) is 30.3 Å². The second-order valence-corrected chi connectivity index (χ2v) is 9.98. The highest BCUT2D eigenvalue weighted by atomic mass is 32.1. The van der Waals surface area contributed by atoms with Gasteiger partial charge in [-0.05, 0) is 42.8 Å². The number of Topliss-reactive ketones (excluding diaryl/α,β-unsaturated/α-hetero) is 1. The molecule has 1 aliphatic heterocycles. The summed E-state index contributed by atoms with van der Waals surface area (Å²) in [4.78, 5) is 30.4. The normalized spacial score (nSPS) is 15.9. The fraction of sp³-hybridized carbons (Fsp3) is 0.286. The van der Waals surface area contributed by atoms with Gasteiger partial charge in [-0.25, -0.2) is 0 Å². The van der Waals surface area contributed by atoms with Gasteiger partial charge in [0.1, 0.15) is 12.4 Å². The van der Waals surface area contributed by atoms with Gasteiger partial charge >= 0.3 is 0 Å². The molecule has 0 fully saturated rings. The number of aliphatic hydroxyl groups is 1. The smallest absolute Gasteiger partial charge is 0.294 e. The zero-order valence-corrected chi connectivity index (χ0v) is 21.1. The maximum Gasteiger partial charge on any atom is 0.294 e. The number of methoxy groups -OCH3 is 1. The van der Waals surface area contributed by atoms with E-state index in [0.717, 1.165) is 10.4 Å². The number of amides is 1. The van der Waals surface area contributed by atoms with Crippen molar-refractivity contribution in [3.05, 3.63) is 82.4 Å². The first-order valence-corrected chi connectivity index (χ1v) is 12.3. The lowest BCUT2D eigenvalue weighted by Crippen LogP contribution is -2.31. The number of ketones is 1. The third kappa shape index (κ3) is 4.88. The summed E-state index contributed by atoms with van der Waals surface area (Å²) in [5.41, 5.74) is 2.34. The van der Waals surface area contributed by atoms with Crippen molar-refractivity contribution in [2.24, 2.45) is 5.92 Å². The molecule has 182 valence electrons. The third-order valence-corrected chi connectivity index (χ3v) is 6.98. The van der Waals surface area contributed by atoms with Crippen LogP contribution in [0, 0.1) is 12.8 Å². The Morgan fingerprint density at radius 1 is 1.06 bits per heavy atom. The van der Waals surface area contributed by atoms with Crippen molar-refractivity contribution in [1.29, 1.82) is 0 Å². The average molecular weight is 492 g/mol. The summed E-state index contributed by atoms with van der Waals surface area (Å²) < 4.78 is 11.0. The highest BCUT2D eigenvalue weighted by Crippen LogP contribution is 2.45. The number of hydrogen-bond donors (Lipinski definition) is 1. The van der Waals surface area contributed by atoms with E-state index in [1.165, 1.54) is 9.78 Å². The molecule has 0 radical (unpaired) electrons. The molecule has 4 rings (SSSR count). The number of benzene rings is 2. The predicted octanol–water partition coefficient (Wildman–Crippen LogP) is 5.87. The van der Waals surface area contributed by atoms with Gasteiger partial charge in [-0.3, -0.25) is 14.5 Å². The quantitative estimate of drug-likeness (QED) is 0.379. The van der Waals surface area contributed by atoms with E-state index in [9.17, 15) is 14.7 Å². The molecular formula is C28H29NO5S. The number of para-hydroxylation sites is 1. The molecule has 7 heteroatoms. The number of nitrogens with zero attached hydrogens (tertiary/aromatic N) is 1. The van der Waals surface area contributed by atoms with Crippen LogP contribution in [0.2, 0.25) is 0 Å². The molecule has 0 bridgehead atoms. The molecule has 6 nitrogen and oxygen atoms in total. The van der Waals surface area contributed by atoms with Crippen molar-refractivity contribution >= 4 is 28.7 Å². The molecule has 2 aromatic carbocycles. The van der Waals surface area contributed by atoms with Gasteiger partial charge in [0.15, 0.2) is 11.5 Å². The number of carbonyl (C=O) groups is 2. The van der Waals surface area contributed by atoms with Gasteiger partial charge < -0.3 is 14.6 Å². The van der Waals surface area contributed by atoms with Gasteiger partial charge in [-0.15, -0.1) is 11.3 Å². The summed E-state index contributed by atoms with van der Waals surface area (Å²) >= 11 is 1.70. The van der Waals surface area contributed by atoms with E-state index < -0.39 is 23.6 Å². The third-order valence-electron chi connectivity index (χ3n) is 5.93. The first kappa shape index (κ1) is 24.7. The number of aryl methyl sites for hydroxylation is 1. The molecule has 1 atom stereocenters. The lowest BCUT2D eigenvalue weighted by atomic mass is 9.90. The highest BCUT2D eigenvalue weighted by Gasteiger charge is 2.45. The monoisotopic (exact) mass is 491 g/mol. The Hall–Kier alpha value is -3.42. The molecule has 2 heterocycles. The molecule has 1 N–H and O–H groups in total. The molecular weight excluding hydrogens is 462 g/mol. The lowest BCUT2D eigenvalue weighted by Gasteiger charge is -2.28. The number of hydrogen-bond acceptors (Lipinski definition) is 6. The van der Waals surface area contributed by atoms with E-state index in [1.807, 2.05) is 42.5 Å². The van der Waals surface area contributed by atoms with Crippen LogP contribution in [-0.4, -0.2) is 37.1 Å². The number of carbonyl (C=O) groups excluding carboxylic acids is 2. The first-order chi connectivity index (χ1) is 16.8. The molecule has 0 saturated heterocycles. The van der Waals surface area contributed by atoms with Gasteiger partial charge in [-0.2, -0.15) is 0 Å². The van der Waals surface area contributed by atoms with Crippen LogP contribution in [0.25, 0.3) is 10.4 Å². The Morgan fingerprint density at radius 3 is 2.40 bits per heavy atom. The Bertz CT molecular complexity index is 1260. The van der Waals surface area contributed by atoms with Crippen molar-refractivity contribution in [2.45, 2.75) is 26.8 Å². The predicted molar refractivity (Wildman–Crippen MR) is 138 cm³/mol. The minimum atomic E-state index is -0.814. The van der Waals surface area contributed by atoms with E-state index >= 15 is 0 Å². The molecule has 0 aliphatic carbocycles. The maximum atomic E-state index is 13.4. The maximum absolute atomic E-state index is 13.4. The van der Waals surface area contributed by atoms with E-state index in [4.69, 9.17) is 9.47 Å². The number of anilines is 1. The number of ether oxygens (including phenoxy) is 2. The van der Waals surface area contributed by atoms with E-state index in [1.54, 1.807) is 38.4 Å². The minimum absolute atomic E-state index is 0.0887. The van der Waals surface area contributed by atoms with Crippen molar-refractivity contribution < 1.29 is 24.2 Å². The zero-order chi connectivity index (χ0) is 25.1. The Labute approximate surface area is 209 Å². The summed E-state index contributed by atoms with van der Waals surface area (Å²) in [6.07, 6.45) is 0. The van der Waals surface area contributed by atoms with Crippen LogP contribution in [0.4, 0.5) is 5.69 Å². The van der Waals surface area contributed by atoms with Crippen LogP contribution in [0.15, 0.2) is 72.0 Å². The molecule has 0 spiro atoms. The topological polar surface area (TPSA) is 76.1 Å². The lowest BCUT2D eigenvalue weighted by molar-refractivity contribution is -0.119. The number of thiophene rings is 1. The highest BCUT2D eigenvalue weighted by molar-refractivity contribution is 7.15. The summed E-state index contributed by atoms with van der Waals surface area (Å²) in [7, 11) is 1.59. The van der Waals surface area contributed by atoms with Crippen molar-refractivity contribution in [1.82, 2.24) is 0 Å². The second kappa shape index (κ2) is 10.5. The number of rotatable bonds is 9. The van der Waals surface area contributed by atoms with Crippen LogP contribution in [0.3, 0.4) is 0 Å². The van der Waals surface area contributed by atoms with Gasteiger partial charge in [0.05, 0.1) is 18.2 Å². The van der Waals surface area contributed by atoms with Crippen molar-refractivity contribution in [3.8, 4) is 16.2 Å². The molecule has 35 heavy (non-hydrogen) atoms. The van der Waals surface area contributed by atoms with Crippen LogP contribution < -0.4 is 9.64 Å². The van der Waals surface area contributed by atoms with Crippen LogP contribution in [-0.2, 0) is 14.3 Å². The summed E-state index contributed by atoms with van der Waals surface area (Å²) in [5.74, 6) is -1.26. The SMILES string of the molecule is COCCOc1ccccc1C1C(C(=O)C(C)C)=C(O)C(=O)N1c1ccc(-c2ccc(C)s2)cc1. The fourth-order valence-corrected chi connectivity index (χ4v) is 5.05. The zero-order valence-electron chi connectivity index (χ0n) is 20.3. The Balaban J connectivity index is 1.79. The van der Waals surface area contributed by atoms with Crippen LogP contribution in [0.5, 0.6) is 5.75 Å². The van der Waals surface area contributed by atoms with Gasteiger partial charge in [0, 0.05) is 34.0 Å². The summed E-state index contributed by atoms with van der Waals surface area (Å²) in [6.45, 7) is 6.28. The van der Waals surface area contributed by atoms with Crippen molar-refractivity contribution in [2.75, 3.05) is 25.2 Å². The molecule has 1 aromatic heterocycles. The summed E-state index contributed by atoms with van der Waals surface area (Å²) in [6, 6.07) is 18.2. The standard InChI is InChI=1S/C28H29NO5S/c1-17(2)26(30)24-25(21-7-5-6-8-22(21)34-16-15-33-4)29(28(32)27(24)31)20-12-10-19(11-13-20)23-14-9-18(3)35-23/h5-14,17,25,31H,15-16H2,1-4H3. The molecule has 1 unspecified atom stereocenters. The number of aliphatic hydroxyl groups excluding tert-OH is 1. The second-order valence-electron chi connectivity index (χ2n) is 8.70. The van der Waals surface area contributed by atoms with Gasteiger partial charge in [-0.1, -0.05) is 44.2 Å². The molecule has 3 aromatic rings. The molecule has 1 aliphatic rings. The van der Waals surface area contributed by atoms with Gasteiger partial charge in [0.25, 0.3) is 5.91 Å². The van der Waals surface area contributed by atoms with E-state index in [2.05, 4.69) is 19.1 Å². The molecule has 0 saturated carbocycles. The van der Waals surface area contributed by atoms with E-state index in [-0.39, 0.29) is 11.4 Å².